The van der Waals surface area contributed by atoms with Crippen LogP contribution in [-0.4, -0.2) is 28.0 Å². The Morgan fingerprint density at radius 3 is 2.11 bits per heavy atom. The van der Waals surface area contributed by atoms with Crippen molar-refractivity contribution in [3.63, 3.8) is 0 Å². The summed E-state index contributed by atoms with van der Waals surface area (Å²) >= 11 is 0. The summed E-state index contributed by atoms with van der Waals surface area (Å²) < 4.78 is 25.8. The molecule has 0 aliphatic carbocycles. The summed E-state index contributed by atoms with van der Waals surface area (Å²) in [6, 6.07) is 15.1. The summed E-state index contributed by atoms with van der Waals surface area (Å²) in [5.74, 6) is 0.722. The molecule has 0 fully saturated rings. The Balaban J connectivity index is 0.00000364. The number of rotatable bonds is 7. The van der Waals surface area contributed by atoms with Gasteiger partial charge in [0.25, 0.3) is 0 Å². The Morgan fingerprint density at radius 2 is 1.56 bits per heavy atom. The lowest BCUT2D eigenvalue weighted by Gasteiger charge is -2.11. The van der Waals surface area contributed by atoms with E-state index in [-0.39, 0.29) is 28.9 Å². The first-order valence-corrected chi connectivity index (χ1v) is 10.0. The van der Waals surface area contributed by atoms with Crippen molar-refractivity contribution < 1.29 is 8.42 Å². The van der Waals surface area contributed by atoms with Gasteiger partial charge in [0.05, 0.1) is 11.4 Å². The standard InChI is InChI=1S/C19H26N4O2S.HI/c1-4-21-19(22-13-16-7-5-15(2)6-8-16)23-14-17-9-11-18(12-10-17)26(24,25)20-3;/h5-12,20H,4,13-14H2,1-3H3,(H2,21,22,23);1H. The topological polar surface area (TPSA) is 82.6 Å². The van der Waals surface area contributed by atoms with Crippen LogP contribution in [0.25, 0.3) is 0 Å². The molecule has 148 valence electrons. The minimum absolute atomic E-state index is 0. The van der Waals surface area contributed by atoms with Gasteiger partial charge in [-0.25, -0.2) is 18.1 Å². The molecule has 6 nitrogen and oxygen atoms in total. The molecule has 0 heterocycles. The first-order chi connectivity index (χ1) is 12.4. The zero-order valence-corrected chi connectivity index (χ0v) is 19.0. The molecular weight excluding hydrogens is 475 g/mol. The van der Waals surface area contributed by atoms with Gasteiger partial charge < -0.3 is 10.6 Å². The van der Waals surface area contributed by atoms with Crippen LogP contribution < -0.4 is 15.4 Å². The van der Waals surface area contributed by atoms with Gasteiger partial charge >= 0.3 is 0 Å². The lowest BCUT2D eigenvalue weighted by Crippen LogP contribution is -2.36. The summed E-state index contributed by atoms with van der Waals surface area (Å²) in [5, 5.41) is 6.52. The van der Waals surface area contributed by atoms with Crippen LogP contribution in [0.3, 0.4) is 0 Å². The molecule has 0 aromatic heterocycles. The lowest BCUT2D eigenvalue weighted by atomic mass is 10.1. The molecule has 8 heteroatoms. The Bertz CT molecular complexity index is 835. The quantitative estimate of drug-likeness (QED) is 0.309. The highest BCUT2D eigenvalue weighted by molar-refractivity contribution is 14.0. The first-order valence-electron chi connectivity index (χ1n) is 8.55. The van der Waals surface area contributed by atoms with Crippen molar-refractivity contribution in [3.05, 3.63) is 65.2 Å². The van der Waals surface area contributed by atoms with E-state index in [0.29, 0.717) is 13.1 Å². The van der Waals surface area contributed by atoms with E-state index in [1.807, 2.05) is 6.92 Å². The number of hydrogen-bond acceptors (Lipinski definition) is 3. The molecule has 27 heavy (non-hydrogen) atoms. The van der Waals surface area contributed by atoms with Crippen molar-refractivity contribution in [1.29, 1.82) is 0 Å². The number of sulfonamides is 1. The van der Waals surface area contributed by atoms with Gasteiger partial charge in [0, 0.05) is 13.1 Å². The second-order valence-electron chi connectivity index (χ2n) is 5.89. The molecule has 3 N–H and O–H groups in total. The van der Waals surface area contributed by atoms with E-state index in [0.717, 1.165) is 18.1 Å². The van der Waals surface area contributed by atoms with E-state index >= 15 is 0 Å². The Kier molecular flexibility index (Phi) is 9.75. The number of nitrogens with one attached hydrogen (secondary N) is 3. The average molecular weight is 502 g/mol. The fourth-order valence-corrected chi connectivity index (χ4v) is 3.03. The van der Waals surface area contributed by atoms with Crippen molar-refractivity contribution in [3.8, 4) is 0 Å². The zero-order valence-electron chi connectivity index (χ0n) is 15.8. The normalized spacial score (nSPS) is 11.6. The molecule has 0 spiro atoms. The van der Waals surface area contributed by atoms with Gasteiger partial charge in [0.2, 0.25) is 10.0 Å². The van der Waals surface area contributed by atoms with Crippen LogP contribution in [0, 0.1) is 6.92 Å². The fraction of sp³-hybridized carbons (Fsp3) is 0.316. The summed E-state index contributed by atoms with van der Waals surface area (Å²) in [6.07, 6.45) is 0. The van der Waals surface area contributed by atoms with E-state index in [1.54, 1.807) is 24.3 Å². The van der Waals surface area contributed by atoms with Gasteiger partial charge in [0.15, 0.2) is 5.96 Å². The maximum atomic E-state index is 11.7. The number of aliphatic imine (C=N–C) groups is 1. The van der Waals surface area contributed by atoms with Crippen LogP contribution in [0.15, 0.2) is 58.4 Å². The maximum absolute atomic E-state index is 11.7. The van der Waals surface area contributed by atoms with Gasteiger partial charge in [-0.05, 0) is 44.2 Å². The third kappa shape index (κ3) is 7.47. The van der Waals surface area contributed by atoms with Crippen LogP contribution >= 0.6 is 24.0 Å². The van der Waals surface area contributed by atoms with Crippen LogP contribution in [0.2, 0.25) is 0 Å². The molecule has 0 atom stereocenters. The zero-order chi connectivity index (χ0) is 19.0. The largest absolute Gasteiger partial charge is 0.357 e. The van der Waals surface area contributed by atoms with Gasteiger partial charge in [0.1, 0.15) is 0 Å². The molecule has 0 bridgehead atoms. The molecule has 0 aliphatic rings. The summed E-state index contributed by atoms with van der Waals surface area (Å²) in [5.41, 5.74) is 3.36. The highest BCUT2D eigenvalue weighted by atomic mass is 127. The molecule has 2 aromatic carbocycles. The molecule has 0 radical (unpaired) electrons. The van der Waals surface area contributed by atoms with Gasteiger partial charge in [-0.3, -0.25) is 0 Å². The van der Waals surface area contributed by atoms with E-state index in [2.05, 4.69) is 51.5 Å². The Morgan fingerprint density at radius 1 is 0.963 bits per heavy atom. The van der Waals surface area contributed by atoms with Crippen LogP contribution in [-0.2, 0) is 23.1 Å². The minimum Gasteiger partial charge on any atom is -0.357 e. The van der Waals surface area contributed by atoms with Crippen molar-refractivity contribution in [2.45, 2.75) is 31.8 Å². The Hall–Kier alpha value is -1.65. The second-order valence-corrected chi connectivity index (χ2v) is 7.77. The van der Waals surface area contributed by atoms with Gasteiger partial charge in [-0.1, -0.05) is 42.0 Å². The molecule has 2 rings (SSSR count). The monoisotopic (exact) mass is 502 g/mol. The van der Waals surface area contributed by atoms with Gasteiger partial charge in [-0.2, -0.15) is 0 Å². The lowest BCUT2D eigenvalue weighted by molar-refractivity contribution is 0.588. The number of guanidine groups is 1. The maximum Gasteiger partial charge on any atom is 0.240 e. The average Bonchev–Trinajstić information content (AvgIpc) is 2.65. The highest BCUT2D eigenvalue weighted by Gasteiger charge is 2.10. The summed E-state index contributed by atoms with van der Waals surface area (Å²) in [6.45, 7) is 5.99. The predicted octanol–water partition coefficient (Wildman–Crippen LogP) is 2.78. The van der Waals surface area contributed by atoms with E-state index in [9.17, 15) is 8.42 Å². The molecular formula is C19H27IN4O2S. The van der Waals surface area contributed by atoms with Crippen LogP contribution in [0.5, 0.6) is 0 Å². The Labute approximate surface area is 178 Å². The first kappa shape index (κ1) is 23.4. The van der Waals surface area contributed by atoms with E-state index in [1.165, 1.54) is 18.2 Å². The highest BCUT2D eigenvalue weighted by Crippen LogP contribution is 2.11. The number of nitrogens with zero attached hydrogens (tertiary/aromatic N) is 1. The number of benzene rings is 2. The summed E-state index contributed by atoms with van der Waals surface area (Å²) in [7, 11) is -2.01. The van der Waals surface area contributed by atoms with Crippen LogP contribution in [0.4, 0.5) is 0 Å². The van der Waals surface area contributed by atoms with E-state index in [4.69, 9.17) is 0 Å². The fourth-order valence-electron chi connectivity index (χ4n) is 2.30. The van der Waals surface area contributed by atoms with E-state index < -0.39 is 10.0 Å². The van der Waals surface area contributed by atoms with Crippen molar-refractivity contribution in [2.24, 2.45) is 4.99 Å². The molecule has 0 saturated heterocycles. The number of hydrogen-bond donors (Lipinski definition) is 3. The van der Waals surface area contributed by atoms with Crippen molar-refractivity contribution >= 4 is 40.0 Å². The van der Waals surface area contributed by atoms with Gasteiger partial charge in [-0.15, -0.1) is 24.0 Å². The third-order valence-corrected chi connectivity index (χ3v) is 5.28. The molecule has 0 aliphatic heterocycles. The third-order valence-electron chi connectivity index (χ3n) is 3.85. The predicted molar refractivity (Wildman–Crippen MR) is 121 cm³/mol. The molecule has 0 unspecified atom stereocenters. The minimum atomic E-state index is -3.41. The van der Waals surface area contributed by atoms with Crippen molar-refractivity contribution in [1.82, 2.24) is 15.4 Å². The number of aryl methyl sites for hydroxylation is 1. The molecule has 2 aromatic rings. The molecule has 0 amide bonds. The van der Waals surface area contributed by atoms with Crippen molar-refractivity contribution in [2.75, 3.05) is 13.6 Å². The smallest absolute Gasteiger partial charge is 0.240 e. The SMILES string of the molecule is CCNC(=NCc1ccc(S(=O)(=O)NC)cc1)NCc1ccc(C)cc1.I. The van der Waals surface area contributed by atoms with Crippen LogP contribution in [0.1, 0.15) is 23.6 Å². The summed E-state index contributed by atoms with van der Waals surface area (Å²) in [4.78, 5) is 4.81. The molecule has 0 saturated carbocycles. The second kappa shape index (κ2) is 11.3. The number of halogens is 1.